The molecule has 0 aliphatic heterocycles. The minimum atomic E-state index is 0.852. The summed E-state index contributed by atoms with van der Waals surface area (Å²) in [5, 5.41) is 0.852. The minimum Gasteiger partial charge on any atom is -0.165 e. The predicted molar refractivity (Wildman–Crippen MR) is 54.9 cm³/mol. The third kappa shape index (κ3) is 5.48. The summed E-state index contributed by atoms with van der Waals surface area (Å²) in [7, 11) is 0. The van der Waals surface area contributed by atoms with E-state index in [1.165, 1.54) is 18.6 Å². The lowest BCUT2D eigenvalue weighted by Gasteiger charge is -2.11. The normalized spacial score (nSPS) is 13.5. The van der Waals surface area contributed by atoms with Crippen molar-refractivity contribution >= 4 is 23.5 Å². The Morgan fingerprint density at radius 3 is 2.40 bits per heavy atom. The van der Waals surface area contributed by atoms with E-state index in [2.05, 4.69) is 19.4 Å². The molecule has 0 fully saturated rings. The molecule has 1 unspecified atom stereocenters. The molecule has 0 aliphatic rings. The molecular formula is C8H17S2. The smallest absolute Gasteiger partial charge is 0.00521 e. The second-order valence-electron chi connectivity index (χ2n) is 2.28. The van der Waals surface area contributed by atoms with E-state index < -0.39 is 0 Å². The molecule has 1 radical (unpaired) electrons. The fourth-order valence-corrected chi connectivity index (χ4v) is 2.28. The van der Waals surface area contributed by atoms with Crippen molar-refractivity contribution in [1.29, 1.82) is 0 Å². The quantitative estimate of drug-likeness (QED) is 0.611. The lowest BCUT2D eigenvalue weighted by atomic mass is 10.2. The van der Waals surface area contributed by atoms with Crippen LogP contribution in [0.25, 0.3) is 0 Å². The van der Waals surface area contributed by atoms with Gasteiger partial charge in [-0.05, 0) is 31.1 Å². The number of hydrogen-bond donors (Lipinski definition) is 0. The largest absolute Gasteiger partial charge is 0.165 e. The van der Waals surface area contributed by atoms with Crippen LogP contribution in [0.4, 0.5) is 0 Å². The van der Waals surface area contributed by atoms with Crippen molar-refractivity contribution in [3.63, 3.8) is 0 Å². The summed E-state index contributed by atoms with van der Waals surface area (Å²) in [6.07, 6.45) is 8.07. The van der Waals surface area contributed by atoms with Crippen LogP contribution in [0.15, 0.2) is 0 Å². The van der Waals surface area contributed by atoms with Crippen molar-refractivity contribution in [3.8, 4) is 0 Å². The number of thioether (sulfide) groups is 2. The summed E-state index contributed by atoms with van der Waals surface area (Å²) in [6, 6.07) is 0. The van der Waals surface area contributed by atoms with Crippen LogP contribution >= 0.6 is 23.5 Å². The summed E-state index contributed by atoms with van der Waals surface area (Å²) in [5.41, 5.74) is 0. The van der Waals surface area contributed by atoms with Crippen LogP contribution in [0.1, 0.15) is 19.3 Å². The standard InChI is InChI=1S/C8H17S2/c1-4-5-8(10-3)6-7-9-2/h8H,1,4-7H2,2-3H3. The van der Waals surface area contributed by atoms with Crippen LogP contribution < -0.4 is 0 Å². The molecule has 0 saturated heterocycles. The van der Waals surface area contributed by atoms with Gasteiger partial charge in [0.1, 0.15) is 0 Å². The van der Waals surface area contributed by atoms with Crippen LogP contribution in [-0.2, 0) is 0 Å². The summed E-state index contributed by atoms with van der Waals surface area (Å²) in [4.78, 5) is 0. The Kier molecular flexibility index (Phi) is 8.35. The van der Waals surface area contributed by atoms with Gasteiger partial charge in [0.05, 0.1) is 0 Å². The van der Waals surface area contributed by atoms with Gasteiger partial charge in [-0.25, -0.2) is 0 Å². The Hall–Kier alpha value is 0.700. The van der Waals surface area contributed by atoms with Crippen LogP contribution in [0, 0.1) is 6.92 Å². The highest BCUT2D eigenvalue weighted by Crippen LogP contribution is 2.18. The summed E-state index contributed by atoms with van der Waals surface area (Å²) in [6.45, 7) is 3.86. The van der Waals surface area contributed by atoms with E-state index in [0.717, 1.165) is 11.7 Å². The molecule has 0 amide bonds. The van der Waals surface area contributed by atoms with Gasteiger partial charge in [0, 0.05) is 5.25 Å². The van der Waals surface area contributed by atoms with E-state index in [1.807, 2.05) is 23.5 Å². The highest BCUT2D eigenvalue weighted by molar-refractivity contribution is 7.99. The average Bonchev–Trinajstić information content (AvgIpc) is 1.98. The summed E-state index contributed by atoms with van der Waals surface area (Å²) >= 11 is 3.92. The summed E-state index contributed by atoms with van der Waals surface area (Å²) < 4.78 is 0. The second kappa shape index (κ2) is 7.80. The van der Waals surface area contributed by atoms with Gasteiger partial charge in [-0.1, -0.05) is 13.3 Å². The fourth-order valence-electron chi connectivity index (χ4n) is 0.857. The molecule has 0 bridgehead atoms. The van der Waals surface area contributed by atoms with Gasteiger partial charge in [-0.2, -0.15) is 23.5 Å². The third-order valence-electron chi connectivity index (χ3n) is 1.50. The first kappa shape index (κ1) is 10.7. The second-order valence-corrected chi connectivity index (χ2v) is 4.41. The first-order chi connectivity index (χ1) is 4.85. The molecule has 0 aliphatic carbocycles. The van der Waals surface area contributed by atoms with Crippen LogP contribution in [0.2, 0.25) is 0 Å². The molecule has 0 aromatic heterocycles. The molecule has 0 spiro atoms. The van der Waals surface area contributed by atoms with Gasteiger partial charge in [0.15, 0.2) is 0 Å². The zero-order valence-corrected chi connectivity index (χ0v) is 8.56. The van der Waals surface area contributed by atoms with E-state index in [0.29, 0.717) is 0 Å². The maximum Gasteiger partial charge on any atom is 0.00521 e. The van der Waals surface area contributed by atoms with Crippen LogP contribution in [0.3, 0.4) is 0 Å². The molecule has 0 N–H and O–H groups in total. The van der Waals surface area contributed by atoms with Crippen molar-refractivity contribution < 1.29 is 0 Å². The van der Waals surface area contributed by atoms with Crippen LogP contribution in [-0.4, -0.2) is 23.5 Å². The molecular weight excluding hydrogens is 160 g/mol. The van der Waals surface area contributed by atoms with Crippen LogP contribution in [0.5, 0.6) is 0 Å². The molecule has 61 valence electrons. The van der Waals surface area contributed by atoms with E-state index in [-0.39, 0.29) is 0 Å². The van der Waals surface area contributed by atoms with Gasteiger partial charge in [-0.15, -0.1) is 0 Å². The number of hydrogen-bond acceptors (Lipinski definition) is 2. The zero-order valence-electron chi connectivity index (χ0n) is 6.93. The SMILES string of the molecule is [CH2]CCC(CCSC)SC. The number of rotatable bonds is 6. The topological polar surface area (TPSA) is 0 Å². The highest BCUT2D eigenvalue weighted by Gasteiger charge is 2.03. The molecule has 0 aromatic rings. The Morgan fingerprint density at radius 1 is 1.30 bits per heavy atom. The van der Waals surface area contributed by atoms with Gasteiger partial charge in [-0.3, -0.25) is 0 Å². The molecule has 1 atom stereocenters. The Balaban J connectivity index is 3.21. The minimum absolute atomic E-state index is 0.852. The molecule has 2 heteroatoms. The molecule has 0 nitrogen and oxygen atoms in total. The van der Waals surface area contributed by atoms with Crippen molar-refractivity contribution in [2.75, 3.05) is 18.3 Å². The molecule has 10 heavy (non-hydrogen) atoms. The lowest BCUT2D eigenvalue weighted by molar-refractivity contribution is 0.754. The van der Waals surface area contributed by atoms with E-state index in [1.54, 1.807) is 0 Å². The van der Waals surface area contributed by atoms with E-state index >= 15 is 0 Å². The van der Waals surface area contributed by atoms with E-state index in [9.17, 15) is 0 Å². The predicted octanol–water partition coefficient (Wildman–Crippen LogP) is 3.09. The monoisotopic (exact) mass is 177 g/mol. The molecule has 0 saturated carbocycles. The lowest BCUT2D eigenvalue weighted by Crippen LogP contribution is -2.02. The Labute approximate surface area is 73.5 Å². The van der Waals surface area contributed by atoms with Gasteiger partial charge in [0.25, 0.3) is 0 Å². The first-order valence-corrected chi connectivity index (χ1v) is 6.34. The van der Waals surface area contributed by atoms with Crippen molar-refractivity contribution in [1.82, 2.24) is 0 Å². The first-order valence-electron chi connectivity index (χ1n) is 3.66. The van der Waals surface area contributed by atoms with Gasteiger partial charge < -0.3 is 0 Å². The maximum absolute atomic E-state index is 3.86. The van der Waals surface area contributed by atoms with Gasteiger partial charge >= 0.3 is 0 Å². The molecule has 0 aromatic carbocycles. The molecule has 0 heterocycles. The van der Waals surface area contributed by atoms with Gasteiger partial charge in [0.2, 0.25) is 0 Å². The van der Waals surface area contributed by atoms with Crippen molar-refractivity contribution in [2.45, 2.75) is 24.5 Å². The Morgan fingerprint density at radius 2 is 2.00 bits per heavy atom. The zero-order chi connectivity index (χ0) is 7.82. The van der Waals surface area contributed by atoms with Crippen molar-refractivity contribution in [3.05, 3.63) is 6.92 Å². The van der Waals surface area contributed by atoms with Crippen molar-refractivity contribution in [2.24, 2.45) is 0 Å². The third-order valence-corrected chi connectivity index (χ3v) is 3.29. The maximum atomic E-state index is 3.86. The fraction of sp³-hybridized carbons (Fsp3) is 0.875. The highest BCUT2D eigenvalue weighted by atomic mass is 32.2. The summed E-state index contributed by atoms with van der Waals surface area (Å²) in [5.74, 6) is 1.30. The van der Waals surface area contributed by atoms with E-state index in [4.69, 9.17) is 0 Å². The Bertz CT molecular complexity index is 64.3. The molecule has 0 rings (SSSR count). The average molecular weight is 177 g/mol.